The van der Waals surface area contributed by atoms with E-state index in [0.29, 0.717) is 24.3 Å². The van der Waals surface area contributed by atoms with Crippen LogP contribution < -0.4 is 5.32 Å². The summed E-state index contributed by atoms with van der Waals surface area (Å²) in [5.41, 5.74) is 0. The van der Waals surface area contributed by atoms with Gasteiger partial charge in [0.15, 0.2) is 0 Å². The Morgan fingerprint density at radius 1 is 1.50 bits per heavy atom. The highest BCUT2D eigenvalue weighted by atomic mass is 16.2. The Morgan fingerprint density at radius 3 is 2.75 bits per heavy atom. The molecule has 1 N–H and O–H groups in total. The van der Waals surface area contributed by atoms with Crippen LogP contribution in [0.15, 0.2) is 0 Å². The van der Waals surface area contributed by atoms with Gasteiger partial charge in [-0.05, 0) is 31.7 Å². The van der Waals surface area contributed by atoms with E-state index >= 15 is 0 Å². The Balaban J connectivity index is 2.44. The Labute approximate surface area is 99.6 Å². The third kappa shape index (κ3) is 4.52. The molecular formula is C13H26N2O. The summed E-state index contributed by atoms with van der Waals surface area (Å²) in [6.45, 7) is 9.33. The van der Waals surface area contributed by atoms with E-state index in [1.54, 1.807) is 0 Å². The molecule has 0 radical (unpaired) electrons. The van der Waals surface area contributed by atoms with Crippen LogP contribution in [0.1, 0.15) is 46.5 Å². The lowest BCUT2D eigenvalue weighted by atomic mass is 10.1. The highest BCUT2D eigenvalue weighted by Crippen LogP contribution is 2.10. The molecule has 94 valence electrons. The zero-order chi connectivity index (χ0) is 12.0. The largest absolute Gasteiger partial charge is 0.341 e. The summed E-state index contributed by atoms with van der Waals surface area (Å²) in [6, 6.07) is 0.527. The Bertz CT molecular complexity index is 210. The van der Waals surface area contributed by atoms with Crippen molar-refractivity contribution in [3.63, 3.8) is 0 Å². The molecule has 0 aromatic rings. The summed E-state index contributed by atoms with van der Waals surface area (Å²) >= 11 is 0. The highest BCUT2D eigenvalue weighted by Gasteiger charge is 2.21. The molecule has 0 aliphatic carbocycles. The van der Waals surface area contributed by atoms with Crippen molar-refractivity contribution in [2.24, 2.45) is 5.92 Å². The monoisotopic (exact) mass is 226 g/mol. The van der Waals surface area contributed by atoms with E-state index in [2.05, 4.69) is 31.0 Å². The van der Waals surface area contributed by atoms with Gasteiger partial charge in [-0.15, -0.1) is 0 Å². The molecule has 1 amide bonds. The number of hydrogen-bond donors (Lipinski definition) is 1. The number of nitrogens with zero attached hydrogens (tertiary/aromatic N) is 1. The SMILES string of the molecule is CCCC(=O)N(CC(C)C)CC1CCCN1. The topological polar surface area (TPSA) is 32.3 Å². The molecule has 0 spiro atoms. The minimum absolute atomic E-state index is 0.324. The van der Waals surface area contributed by atoms with Crippen molar-refractivity contribution < 1.29 is 4.79 Å². The molecule has 0 saturated carbocycles. The van der Waals surface area contributed by atoms with E-state index in [4.69, 9.17) is 0 Å². The van der Waals surface area contributed by atoms with Gasteiger partial charge in [-0.3, -0.25) is 4.79 Å². The van der Waals surface area contributed by atoms with E-state index in [9.17, 15) is 4.79 Å². The zero-order valence-corrected chi connectivity index (χ0v) is 11.0. The molecule has 1 unspecified atom stereocenters. The molecule has 0 aromatic carbocycles. The summed E-state index contributed by atoms with van der Waals surface area (Å²) in [5.74, 6) is 0.882. The van der Waals surface area contributed by atoms with E-state index in [-0.39, 0.29) is 0 Å². The van der Waals surface area contributed by atoms with Gasteiger partial charge in [0.2, 0.25) is 5.91 Å². The highest BCUT2D eigenvalue weighted by molar-refractivity contribution is 5.76. The van der Waals surface area contributed by atoms with Crippen LogP contribution in [-0.2, 0) is 4.79 Å². The second-order valence-corrected chi connectivity index (χ2v) is 5.24. The predicted molar refractivity (Wildman–Crippen MR) is 67.4 cm³/mol. The zero-order valence-electron chi connectivity index (χ0n) is 11.0. The van der Waals surface area contributed by atoms with Crippen LogP contribution in [0.5, 0.6) is 0 Å². The van der Waals surface area contributed by atoms with Crippen molar-refractivity contribution in [2.75, 3.05) is 19.6 Å². The number of carbonyl (C=O) groups is 1. The molecule has 1 heterocycles. The summed E-state index contributed by atoms with van der Waals surface area (Å²) in [7, 11) is 0. The average molecular weight is 226 g/mol. The first-order valence-corrected chi connectivity index (χ1v) is 6.64. The van der Waals surface area contributed by atoms with Gasteiger partial charge < -0.3 is 10.2 Å². The van der Waals surface area contributed by atoms with Crippen LogP contribution in [0, 0.1) is 5.92 Å². The smallest absolute Gasteiger partial charge is 0.222 e. The molecule has 1 aliphatic rings. The maximum atomic E-state index is 12.0. The first kappa shape index (κ1) is 13.5. The van der Waals surface area contributed by atoms with Gasteiger partial charge in [-0.25, -0.2) is 0 Å². The Morgan fingerprint density at radius 2 is 2.25 bits per heavy atom. The molecular weight excluding hydrogens is 200 g/mol. The van der Waals surface area contributed by atoms with Crippen LogP contribution in [-0.4, -0.2) is 36.5 Å². The van der Waals surface area contributed by atoms with Gasteiger partial charge >= 0.3 is 0 Å². The Kier molecular flexibility index (Phi) is 5.81. The van der Waals surface area contributed by atoms with Gasteiger partial charge in [0.05, 0.1) is 0 Å². The van der Waals surface area contributed by atoms with E-state index in [1.165, 1.54) is 12.8 Å². The fraction of sp³-hybridized carbons (Fsp3) is 0.923. The fourth-order valence-electron chi connectivity index (χ4n) is 2.27. The molecule has 1 rings (SSSR count). The van der Waals surface area contributed by atoms with Crippen LogP contribution in [0.3, 0.4) is 0 Å². The molecule has 3 nitrogen and oxygen atoms in total. The van der Waals surface area contributed by atoms with E-state index < -0.39 is 0 Å². The van der Waals surface area contributed by atoms with Gasteiger partial charge in [0.1, 0.15) is 0 Å². The maximum absolute atomic E-state index is 12.0. The molecule has 0 aromatic heterocycles. The van der Waals surface area contributed by atoms with E-state index in [0.717, 1.165) is 26.1 Å². The molecule has 0 bridgehead atoms. The van der Waals surface area contributed by atoms with E-state index in [1.807, 2.05) is 0 Å². The van der Waals surface area contributed by atoms with Gasteiger partial charge in [0, 0.05) is 25.6 Å². The van der Waals surface area contributed by atoms with Gasteiger partial charge in [0.25, 0.3) is 0 Å². The lowest BCUT2D eigenvalue weighted by molar-refractivity contribution is -0.132. The summed E-state index contributed by atoms with van der Waals surface area (Å²) in [5, 5.41) is 3.46. The number of nitrogens with one attached hydrogen (secondary N) is 1. The molecule has 1 atom stereocenters. The minimum Gasteiger partial charge on any atom is -0.341 e. The average Bonchev–Trinajstić information content (AvgIpc) is 2.69. The molecule has 16 heavy (non-hydrogen) atoms. The number of hydrogen-bond acceptors (Lipinski definition) is 2. The molecule has 3 heteroatoms. The van der Waals surface area contributed by atoms with Crippen LogP contribution in [0.2, 0.25) is 0 Å². The van der Waals surface area contributed by atoms with Gasteiger partial charge in [-0.1, -0.05) is 20.8 Å². The minimum atomic E-state index is 0.324. The number of rotatable bonds is 6. The number of carbonyl (C=O) groups excluding carboxylic acids is 1. The summed E-state index contributed by atoms with van der Waals surface area (Å²) in [4.78, 5) is 14.0. The first-order valence-electron chi connectivity index (χ1n) is 6.64. The van der Waals surface area contributed by atoms with Crippen LogP contribution in [0.25, 0.3) is 0 Å². The molecule has 1 fully saturated rings. The second-order valence-electron chi connectivity index (χ2n) is 5.24. The quantitative estimate of drug-likeness (QED) is 0.751. The van der Waals surface area contributed by atoms with Crippen molar-refractivity contribution >= 4 is 5.91 Å². The molecule has 1 saturated heterocycles. The third-order valence-corrected chi connectivity index (χ3v) is 3.01. The lowest BCUT2D eigenvalue weighted by Crippen LogP contribution is -2.42. The normalized spacial score (nSPS) is 20.4. The molecule has 1 aliphatic heterocycles. The fourth-order valence-corrected chi connectivity index (χ4v) is 2.27. The summed E-state index contributed by atoms with van der Waals surface area (Å²) < 4.78 is 0. The standard InChI is InChI=1S/C13H26N2O/c1-4-6-13(16)15(9-11(2)3)10-12-7-5-8-14-12/h11-12,14H,4-10H2,1-3H3. The van der Waals surface area contributed by atoms with Crippen LogP contribution in [0.4, 0.5) is 0 Å². The van der Waals surface area contributed by atoms with Crippen molar-refractivity contribution in [2.45, 2.75) is 52.5 Å². The first-order chi connectivity index (χ1) is 7.63. The van der Waals surface area contributed by atoms with Gasteiger partial charge in [-0.2, -0.15) is 0 Å². The maximum Gasteiger partial charge on any atom is 0.222 e. The number of amides is 1. The summed E-state index contributed by atoms with van der Waals surface area (Å²) in [6.07, 6.45) is 4.11. The van der Waals surface area contributed by atoms with Crippen molar-refractivity contribution in [3.05, 3.63) is 0 Å². The lowest BCUT2D eigenvalue weighted by Gasteiger charge is -2.27. The van der Waals surface area contributed by atoms with Crippen LogP contribution >= 0.6 is 0 Å². The van der Waals surface area contributed by atoms with Crippen molar-refractivity contribution in [3.8, 4) is 0 Å². The van der Waals surface area contributed by atoms with Crippen molar-refractivity contribution in [1.82, 2.24) is 10.2 Å². The second kappa shape index (κ2) is 6.89. The predicted octanol–water partition coefficient (Wildman–Crippen LogP) is 2.02. The third-order valence-electron chi connectivity index (χ3n) is 3.01. The van der Waals surface area contributed by atoms with Crippen molar-refractivity contribution in [1.29, 1.82) is 0 Å². The Hall–Kier alpha value is -0.570.